The fourth-order valence-corrected chi connectivity index (χ4v) is 0.406. The lowest BCUT2D eigenvalue weighted by Gasteiger charge is -1.86. The average Bonchev–Trinajstić information content (AvgIpc) is 1.30. The van der Waals surface area contributed by atoms with E-state index < -0.39 is 9.84 Å². The van der Waals surface area contributed by atoms with Crippen LogP contribution in [0.4, 0.5) is 0 Å². The van der Waals surface area contributed by atoms with Crippen LogP contribution >= 0.6 is 0 Å². The fraction of sp³-hybridized carbons (Fsp3) is 0.667. The van der Waals surface area contributed by atoms with Crippen LogP contribution in [0.15, 0.2) is 0 Å². The highest BCUT2D eigenvalue weighted by molar-refractivity contribution is 7.90. The van der Waals surface area contributed by atoms with Gasteiger partial charge in [-0.3, -0.25) is 0 Å². The molecular weight excluding hydrogens is 116 g/mol. The summed E-state index contributed by atoms with van der Waals surface area (Å²) in [5.41, 5.74) is 0. The van der Waals surface area contributed by atoms with E-state index in [1.807, 2.05) is 0 Å². The molecule has 0 aromatic carbocycles. The Kier molecular flexibility index (Phi) is 2.25. The monoisotopic (exact) mass is 123 g/mol. The molecule has 1 N–H and O–H groups in total. The molecule has 0 aromatic heterocycles. The van der Waals surface area contributed by atoms with Crippen LogP contribution in [0.25, 0.3) is 0 Å². The molecule has 43 valence electrons. The number of hydrogen-bond donors (Lipinski definition) is 1. The second-order valence-electron chi connectivity index (χ2n) is 1.27. The smallest absolute Gasteiger partial charge is 0.150 e. The third kappa shape index (κ3) is 5.91. The van der Waals surface area contributed by atoms with Crippen molar-refractivity contribution in [2.24, 2.45) is 0 Å². The quantitative estimate of drug-likeness (QED) is 0.542. The lowest BCUT2D eigenvalue weighted by Crippen LogP contribution is -2.01. The van der Waals surface area contributed by atoms with Crippen molar-refractivity contribution in [2.45, 2.75) is 0 Å². The van der Waals surface area contributed by atoms with Gasteiger partial charge in [-0.15, -0.1) is 0 Å². The molecule has 0 aliphatic rings. The van der Waals surface area contributed by atoms with Gasteiger partial charge < -0.3 is 5.11 Å². The Balaban J connectivity index is 3.60. The second kappa shape index (κ2) is 2.28. The summed E-state index contributed by atoms with van der Waals surface area (Å²) in [7, 11) is -2.98. The third-order valence-electron chi connectivity index (χ3n) is 0.377. The van der Waals surface area contributed by atoms with Crippen molar-refractivity contribution in [3.8, 4) is 0 Å². The van der Waals surface area contributed by atoms with E-state index in [0.29, 0.717) is 6.61 Å². The van der Waals surface area contributed by atoms with E-state index in [-0.39, 0.29) is 5.75 Å². The highest BCUT2D eigenvalue weighted by atomic mass is 32.2. The summed E-state index contributed by atoms with van der Waals surface area (Å²) >= 11 is 0. The molecule has 3 nitrogen and oxygen atoms in total. The van der Waals surface area contributed by atoms with Crippen molar-refractivity contribution in [1.82, 2.24) is 0 Å². The van der Waals surface area contributed by atoms with Crippen molar-refractivity contribution in [3.05, 3.63) is 6.61 Å². The average molecular weight is 123 g/mol. The molecule has 0 saturated heterocycles. The van der Waals surface area contributed by atoms with E-state index in [1.54, 1.807) is 0 Å². The molecule has 4 heteroatoms. The first-order valence-corrected chi connectivity index (χ1v) is 3.76. The van der Waals surface area contributed by atoms with Crippen molar-refractivity contribution in [3.63, 3.8) is 0 Å². The first-order chi connectivity index (χ1) is 3.06. The van der Waals surface area contributed by atoms with Crippen molar-refractivity contribution in [2.75, 3.05) is 12.0 Å². The molecule has 0 saturated carbocycles. The fourth-order valence-electron chi connectivity index (χ4n) is 0.135. The van der Waals surface area contributed by atoms with E-state index in [9.17, 15) is 8.42 Å². The molecule has 0 aromatic rings. The third-order valence-corrected chi connectivity index (χ3v) is 1.13. The normalized spacial score (nSPS) is 11.7. The summed E-state index contributed by atoms with van der Waals surface area (Å²) in [5.74, 6) is -0.257. The molecule has 0 heterocycles. The Morgan fingerprint density at radius 2 is 2.14 bits per heavy atom. The number of sulfone groups is 1. The molecule has 0 bridgehead atoms. The van der Waals surface area contributed by atoms with Crippen molar-refractivity contribution < 1.29 is 13.5 Å². The zero-order chi connectivity index (χ0) is 5.91. The summed E-state index contributed by atoms with van der Waals surface area (Å²) in [6, 6.07) is 0. The highest BCUT2D eigenvalue weighted by Gasteiger charge is 1.97. The summed E-state index contributed by atoms with van der Waals surface area (Å²) in [6.45, 7) is 0.620. The van der Waals surface area contributed by atoms with Gasteiger partial charge in [0.2, 0.25) is 0 Å². The first kappa shape index (κ1) is 6.91. The Morgan fingerprint density at radius 1 is 1.71 bits per heavy atom. The van der Waals surface area contributed by atoms with Crippen LogP contribution in [0.2, 0.25) is 0 Å². The van der Waals surface area contributed by atoms with Crippen LogP contribution in [0.3, 0.4) is 0 Å². The highest BCUT2D eigenvalue weighted by Crippen LogP contribution is 1.80. The summed E-state index contributed by atoms with van der Waals surface area (Å²) in [6.07, 6.45) is 1.06. The number of aliphatic hydroxyl groups excluding tert-OH is 1. The lowest BCUT2D eigenvalue weighted by atomic mass is 10.9. The standard InChI is InChI=1S/C3H7O3S/c1-7(5,6)3-2-4/h2,4H,3H2,1H3. The minimum absolute atomic E-state index is 0.257. The molecule has 0 spiro atoms. The molecule has 0 rings (SSSR count). The Labute approximate surface area is 42.9 Å². The van der Waals surface area contributed by atoms with E-state index in [1.165, 1.54) is 0 Å². The van der Waals surface area contributed by atoms with Gasteiger partial charge in [0, 0.05) is 6.26 Å². The molecule has 0 aliphatic heterocycles. The van der Waals surface area contributed by atoms with Crippen molar-refractivity contribution in [1.29, 1.82) is 0 Å². The van der Waals surface area contributed by atoms with Gasteiger partial charge >= 0.3 is 0 Å². The molecule has 0 fully saturated rings. The molecular formula is C3H7O3S. The number of hydrogen-bond acceptors (Lipinski definition) is 3. The van der Waals surface area contributed by atoms with Crippen LogP contribution in [-0.4, -0.2) is 25.5 Å². The van der Waals surface area contributed by atoms with Crippen LogP contribution in [0, 0.1) is 6.61 Å². The van der Waals surface area contributed by atoms with Crippen LogP contribution in [-0.2, 0) is 9.84 Å². The topological polar surface area (TPSA) is 54.4 Å². The molecule has 0 unspecified atom stereocenters. The Bertz CT molecular complexity index is 123. The maximum Gasteiger partial charge on any atom is 0.150 e. The van der Waals surface area contributed by atoms with Crippen LogP contribution in [0.5, 0.6) is 0 Å². The molecule has 1 radical (unpaired) electrons. The first-order valence-electron chi connectivity index (χ1n) is 1.70. The number of rotatable bonds is 2. The largest absolute Gasteiger partial charge is 0.389 e. The van der Waals surface area contributed by atoms with Gasteiger partial charge in [0.1, 0.15) is 9.84 Å². The van der Waals surface area contributed by atoms with Gasteiger partial charge in [-0.2, -0.15) is 0 Å². The summed E-state index contributed by atoms with van der Waals surface area (Å²) in [4.78, 5) is 0. The summed E-state index contributed by atoms with van der Waals surface area (Å²) < 4.78 is 20.1. The molecule has 0 aliphatic carbocycles. The van der Waals surface area contributed by atoms with Crippen LogP contribution < -0.4 is 0 Å². The second-order valence-corrected chi connectivity index (χ2v) is 3.46. The van der Waals surface area contributed by atoms with E-state index >= 15 is 0 Å². The van der Waals surface area contributed by atoms with Gasteiger partial charge in [0.05, 0.1) is 12.4 Å². The predicted octanol–water partition coefficient (Wildman–Crippen LogP) is -0.435. The molecule has 7 heavy (non-hydrogen) atoms. The Hall–Kier alpha value is -0.0900. The predicted molar refractivity (Wildman–Crippen MR) is 25.9 cm³/mol. The van der Waals surface area contributed by atoms with E-state index in [2.05, 4.69) is 0 Å². The molecule has 0 amide bonds. The maximum absolute atomic E-state index is 10.0. The van der Waals surface area contributed by atoms with E-state index in [0.717, 1.165) is 6.26 Å². The zero-order valence-corrected chi connectivity index (χ0v) is 4.77. The summed E-state index contributed by atoms with van der Waals surface area (Å²) in [5, 5.41) is 7.90. The Morgan fingerprint density at radius 3 is 2.14 bits per heavy atom. The van der Waals surface area contributed by atoms with Gasteiger partial charge in [0.25, 0.3) is 0 Å². The molecule has 0 atom stereocenters. The lowest BCUT2D eigenvalue weighted by molar-refractivity contribution is 0.401. The zero-order valence-electron chi connectivity index (χ0n) is 3.96. The van der Waals surface area contributed by atoms with Crippen molar-refractivity contribution >= 4 is 9.84 Å². The van der Waals surface area contributed by atoms with Gasteiger partial charge in [-0.1, -0.05) is 0 Å². The SMILES string of the molecule is CS(=O)(=O)C[CH]O. The van der Waals surface area contributed by atoms with Gasteiger partial charge in [0.15, 0.2) is 0 Å². The number of aliphatic hydroxyl groups is 1. The van der Waals surface area contributed by atoms with Gasteiger partial charge in [-0.25, -0.2) is 8.42 Å². The minimum Gasteiger partial charge on any atom is -0.389 e. The van der Waals surface area contributed by atoms with E-state index in [4.69, 9.17) is 5.11 Å². The maximum atomic E-state index is 10.0. The van der Waals surface area contributed by atoms with Gasteiger partial charge in [-0.05, 0) is 0 Å². The van der Waals surface area contributed by atoms with Crippen LogP contribution in [0.1, 0.15) is 0 Å². The minimum atomic E-state index is -2.98.